The lowest BCUT2D eigenvalue weighted by molar-refractivity contribution is -0.385. The maximum atomic E-state index is 10.8. The molecule has 0 aliphatic rings. The van der Waals surface area contributed by atoms with Crippen molar-refractivity contribution in [3.63, 3.8) is 0 Å². The maximum Gasteiger partial charge on any atom is 0.342 e. The van der Waals surface area contributed by atoms with Crippen LogP contribution in [0.5, 0.6) is 0 Å². The first-order valence-electron chi connectivity index (χ1n) is 4.71. The number of rotatable bonds is 5. The molecule has 1 rings (SSSR count). The van der Waals surface area contributed by atoms with Crippen LogP contribution in [0.25, 0.3) is 0 Å². The molecule has 0 radical (unpaired) electrons. The largest absolute Gasteiger partial charge is 0.477 e. The first-order valence-corrected chi connectivity index (χ1v) is 4.71. The molecular formula is C9H11N3O5. The minimum Gasteiger partial charge on any atom is -0.477 e. The zero-order valence-corrected chi connectivity index (χ0v) is 8.95. The number of hydrogen-bond donors (Lipinski definition) is 3. The Kier molecular flexibility index (Phi) is 3.94. The van der Waals surface area contributed by atoms with E-state index in [9.17, 15) is 14.9 Å². The molecule has 1 heterocycles. The van der Waals surface area contributed by atoms with Gasteiger partial charge in [-0.2, -0.15) is 0 Å². The summed E-state index contributed by atoms with van der Waals surface area (Å²) in [5.41, 5.74) is -1.02. The lowest BCUT2D eigenvalue weighted by atomic mass is 10.2. The molecule has 1 unspecified atom stereocenters. The van der Waals surface area contributed by atoms with Gasteiger partial charge in [-0.3, -0.25) is 10.1 Å². The number of carbonyl (C=O) groups is 1. The molecule has 8 heteroatoms. The second-order valence-electron chi connectivity index (χ2n) is 3.38. The van der Waals surface area contributed by atoms with Gasteiger partial charge in [-0.05, 0) is 6.92 Å². The third-order valence-electron chi connectivity index (χ3n) is 1.89. The van der Waals surface area contributed by atoms with Crippen molar-refractivity contribution in [3.8, 4) is 0 Å². The van der Waals surface area contributed by atoms with Crippen molar-refractivity contribution in [2.75, 3.05) is 11.9 Å². The van der Waals surface area contributed by atoms with E-state index in [0.29, 0.717) is 0 Å². The monoisotopic (exact) mass is 241 g/mol. The number of hydrogen-bond acceptors (Lipinski definition) is 6. The molecule has 0 aliphatic heterocycles. The molecule has 8 nitrogen and oxygen atoms in total. The molecule has 0 spiro atoms. The fraction of sp³-hybridized carbons (Fsp3) is 0.333. The fourth-order valence-electron chi connectivity index (χ4n) is 1.11. The van der Waals surface area contributed by atoms with Crippen LogP contribution in [0.3, 0.4) is 0 Å². The number of aromatic nitrogens is 1. The van der Waals surface area contributed by atoms with Crippen LogP contribution < -0.4 is 5.32 Å². The van der Waals surface area contributed by atoms with Gasteiger partial charge in [-0.15, -0.1) is 0 Å². The molecule has 17 heavy (non-hydrogen) atoms. The number of carboxylic acid groups (broad SMARTS) is 1. The third-order valence-corrected chi connectivity index (χ3v) is 1.89. The zero-order chi connectivity index (χ0) is 13.0. The third kappa shape index (κ3) is 3.38. The van der Waals surface area contributed by atoms with E-state index in [1.165, 1.54) is 6.92 Å². The summed E-state index contributed by atoms with van der Waals surface area (Å²) in [7, 11) is 0. The second-order valence-corrected chi connectivity index (χ2v) is 3.38. The van der Waals surface area contributed by atoms with E-state index in [-0.39, 0.29) is 12.4 Å². The van der Waals surface area contributed by atoms with Crippen LogP contribution in [0.15, 0.2) is 12.3 Å². The van der Waals surface area contributed by atoms with Gasteiger partial charge in [-0.25, -0.2) is 9.78 Å². The molecule has 0 aromatic carbocycles. The Morgan fingerprint density at radius 2 is 2.35 bits per heavy atom. The summed E-state index contributed by atoms with van der Waals surface area (Å²) in [4.78, 5) is 24.2. The maximum absolute atomic E-state index is 10.8. The summed E-state index contributed by atoms with van der Waals surface area (Å²) in [6.45, 7) is 1.71. The van der Waals surface area contributed by atoms with Gasteiger partial charge in [0.1, 0.15) is 17.6 Å². The van der Waals surface area contributed by atoms with Gasteiger partial charge < -0.3 is 15.5 Å². The van der Waals surface area contributed by atoms with E-state index in [4.69, 9.17) is 10.2 Å². The van der Waals surface area contributed by atoms with Gasteiger partial charge >= 0.3 is 11.7 Å². The van der Waals surface area contributed by atoms with E-state index >= 15 is 0 Å². The number of nitrogens with zero attached hydrogens (tertiary/aromatic N) is 2. The van der Waals surface area contributed by atoms with E-state index in [1.807, 2.05) is 0 Å². The first-order chi connectivity index (χ1) is 7.91. The highest BCUT2D eigenvalue weighted by Crippen LogP contribution is 2.20. The van der Waals surface area contributed by atoms with Crippen molar-refractivity contribution in [1.29, 1.82) is 0 Å². The van der Waals surface area contributed by atoms with Gasteiger partial charge in [0.05, 0.1) is 11.0 Å². The molecule has 1 atom stereocenters. The SMILES string of the molecule is CC(O)CNc1cc(C(=O)O)c([N+](=O)[O-])cn1. The summed E-state index contributed by atoms with van der Waals surface area (Å²) < 4.78 is 0. The number of anilines is 1. The summed E-state index contributed by atoms with van der Waals surface area (Å²) >= 11 is 0. The molecule has 0 saturated carbocycles. The Hall–Kier alpha value is -2.22. The van der Waals surface area contributed by atoms with Crippen LogP contribution in [-0.4, -0.2) is 38.7 Å². The van der Waals surface area contributed by atoms with Crippen molar-refractivity contribution in [3.05, 3.63) is 27.9 Å². The molecule has 0 amide bonds. The van der Waals surface area contributed by atoms with Gasteiger partial charge in [-0.1, -0.05) is 0 Å². The van der Waals surface area contributed by atoms with Gasteiger partial charge in [0.25, 0.3) is 0 Å². The Morgan fingerprint density at radius 1 is 1.71 bits per heavy atom. The van der Waals surface area contributed by atoms with Crippen molar-refractivity contribution >= 4 is 17.5 Å². The summed E-state index contributed by atoms with van der Waals surface area (Å²) in [6.07, 6.45) is 0.230. The standard InChI is InChI=1S/C9H11N3O5/c1-5(13)3-10-8-2-6(9(14)15)7(4-11-8)12(16)17/h2,4-5,13H,3H2,1H3,(H,10,11)(H,14,15). The Labute approximate surface area is 96.1 Å². The van der Waals surface area contributed by atoms with E-state index in [2.05, 4.69) is 10.3 Å². The number of carboxylic acids is 1. The molecule has 3 N–H and O–H groups in total. The van der Waals surface area contributed by atoms with Crippen LogP contribution in [0.4, 0.5) is 11.5 Å². The number of nitrogens with one attached hydrogen (secondary N) is 1. The molecule has 0 saturated heterocycles. The second kappa shape index (κ2) is 5.21. The first kappa shape index (κ1) is 12.8. The van der Waals surface area contributed by atoms with E-state index in [0.717, 1.165) is 12.3 Å². The number of pyridine rings is 1. The number of aliphatic hydroxyl groups excluding tert-OH is 1. The summed E-state index contributed by atoms with van der Waals surface area (Å²) in [5.74, 6) is -1.24. The Bertz CT molecular complexity index is 446. The Balaban J connectivity index is 3.02. The zero-order valence-electron chi connectivity index (χ0n) is 8.95. The van der Waals surface area contributed by atoms with Crippen LogP contribution >= 0.6 is 0 Å². The summed E-state index contributed by atoms with van der Waals surface area (Å²) in [5, 5.41) is 31.0. The quantitative estimate of drug-likeness (QED) is 0.505. The highest BCUT2D eigenvalue weighted by Gasteiger charge is 2.20. The van der Waals surface area contributed by atoms with Crippen LogP contribution in [-0.2, 0) is 0 Å². The van der Waals surface area contributed by atoms with Gasteiger partial charge in [0, 0.05) is 12.6 Å². The molecule has 0 bridgehead atoms. The van der Waals surface area contributed by atoms with E-state index < -0.39 is 28.2 Å². The van der Waals surface area contributed by atoms with E-state index in [1.54, 1.807) is 0 Å². The minimum absolute atomic E-state index is 0.161. The Morgan fingerprint density at radius 3 is 2.82 bits per heavy atom. The topological polar surface area (TPSA) is 126 Å². The average molecular weight is 241 g/mol. The molecule has 0 fully saturated rings. The van der Waals surface area contributed by atoms with Crippen molar-refractivity contribution in [1.82, 2.24) is 4.98 Å². The van der Waals surface area contributed by atoms with Crippen molar-refractivity contribution in [2.45, 2.75) is 13.0 Å². The molecule has 92 valence electrons. The van der Waals surface area contributed by atoms with Gasteiger partial charge in [0.2, 0.25) is 0 Å². The lowest BCUT2D eigenvalue weighted by Crippen LogP contribution is -2.16. The minimum atomic E-state index is -1.40. The van der Waals surface area contributed by atoms with Crippen LogP contribution in [0.1, 0.15) is 17.3 Å². The van der Waals surface area contributed by atoms with Crippen LogP contribution in [0, 0.1) is 10.1 Å². The molecule has 1 aromatic heterocycles. The predicted molar refractivity (Wildman–Crippen MR) is 58.0 cm³/mol. The highest BCUT2D eigenvalue weighted by molar-refractivity contribution is 5.93. The predicted octanol–water partition coefficient (Wildman–Crippen LogP) is 0.481. The summed E-state index contributed by atoms with van der Waals surface area (Å²) in [6, 6.07) is 1.06. The molecule has 1 aromatic rings. The number of aliphatic hydroxyl groups is 1. The van der Waals surface area contributed by atoms with Crippen LogP contribution in [0.2, 0.25) is 0 Å². The van der Waals surface area contributed by atoms with Gasteiger partial charge in [0.15, 0.2) is 0 Å². The lowest BCUT2D eigenvalue weighted by Gasteiger charge is -2.07. The molecule has 0 aliphatic carbocycles. The number of aromatic carboxylic acids is 1. The highest BCUT2D eigenvalue weighted by atomic mass is 16.6. The molecular weight excluding hydrogens is 230 g/mol. The fourth-order valence-corrected chi connectivity index (χ4v) is 1.11. The smallest absolute Gasteiger partial charge is 0.342 e. The number of nitro groups is 1. The average Bonchev–Trinajstić information content (AvgIpc) is 2.25. The normalized spacial score (nSPS) is 11.9. The van der Waals surface area contributed by atoms with Crippen molar-refractivity contribution < 1.29 is 19.9 Å². The van der Waals surface area contributed by atoms with Crippen molar-refractivity contribution in [2.24, 2.45) is 0 Å².